The van der Waals surface area contributed by atoms with Gasteiger partial charge in [0.15, 0.2) is 0 Å². The topological polar surface area (TPSA) is 23.8 Å². The minimum atomic E-state index is -0.492. The van der Waals surface area contributed by atoms with Crippen LogP contribution < -0.4 is 0 Å². The van der Waals surface area contributed by atoms with Crippen molar-refractivity contribution < 1.29 is 4.39 Å². The van der Waals surface area contributed by atoms with E-state index in [9.17, 15) is 4.39 Å². The van der Waals surface area contributed by atoms with E-state index in [1.54, 1.807) is 6.07 Å². The lowest BCUT2D eigenvalue weighted by atomic mass is 10.2. The van der Waals surface area contributed by atoms with Crippen molar-refractivity contribution in [2.75, 3.05) is 0 Å². The second-order valence-electron chi connectivity index (χ2n) is 1.52. The van der Waals surface area contributed by atoms with Crippen LogP contribution in [-0.4, -0.2) is 0 Å². The zero-order valence-corrected chi connectivity index (χ0v) is 4.56. The molecular formula is C7H3FN. The molecule has 0 aliphatic rings. The third-order valence-electron chi connectivity index (χ3n) is 0.880. The molecule has 0 unspecified atom stereocenters. The van der Waals surface area contributed by atoms with Crippen LogP contribution in [0.25, 0.3) is 0 Å². The van der Waals surface area contributed by atoms with Crippen LogP contribution in [0.2, 0.25) is 0 Å². The van der Waals surface area contributed by atoms with Crippen molar-refractivity contribution in [2.45, 2.75) is 0 Å². The summed E-state index contributed by atoms with van der Waals surface area (Å²) in [6, 6.07) is 8.23. The SMILES string of the molecule is N#Cc1[c]c(F)ccc1. The first kappa shape index (κ1) is 5.77. The Morgan fingerprint density at radius 3 is 2.78 bits per heavy atom. The van der Waals surface area contributed by atoms with Crippen LogP contribution in [0.15, 0.2) is 18.2 Å². The molecule has 0 bridgehead atoms. The summed E-state index contributed by atoms with van der Waals surface area (Å²) in [7, 11) is 0. The monoisotopic (exact) mass is 120 g/mol. The Balaban J connectivity index is 3.12. The maximum absolute atomic E-state index is 12.1. The normalized spacial score (nSPS) is 8.44. The molecule has 1 radical (unpaired) electrons. The highest BCUT2D eigenvalue weighted by Crippen LogP contribution is 1.98. The molecule has 9 heavy (non-hydrogen) atoms. The van der Waals surface area contributed by atoms with E-state index in [1.165, 1.54) is 18.2 Å². The molecule has 0 aromatic heterocycles. The standard InChI is InChI=1S/C7H3FN/c8-7-3-1-2-6(4-7)5-9/h1-3H. The third-order valence-corrected chi connectivity index (χ3v) is 0.880. The Morgan fingerprint density at radius 1 is 1.56 bits per heavy atom. The Bertz CT molecular complexity index is 249. The minimum absolute atomic E-state index is 0.231. The number of halogens is 1. The summed E-state index contributed by atoms with van der Waals surface area (Å²) in [5.41, 5.74) is 0.231. The van der Waals surface area contributed by atoms with E-state index in [4.69, 9.17) is 5.26 Å². The second-order valence-corrected chi connectivity index (χ2v) is 1.52. The number of rotatable bonds is 0. The van der Waals surface area contributed by atoms with E-state index in [0.29, 0.717) is 0 Å². The van der Waals surface area contributed by atoms with Gasteiger partial charge in [-0.1, -0.05) is 6.07 Å². The van der Waals surface area contributed by atoms with Gasteiger partial charge in [0.25, 0.3) is 0 Å². The van der Waals surface area contributed by atoms with Gasteiger partial charge < -0.3 is 0 Å². The van der Waals surface area contributed by atoms with Gasteiger partial charge in [-0.15, -0.1) is 0 Å². The lowest BCUT2D eigenvalue weighted by Gasteiger charge is -1.84. The predicted octanol–water partition coefficient (Wildman–Crippen LogP) is 1.50. The van der Waals surface area contributed by atoms with Crippen molar-refractivity contribution >= 4 is 0 Å². The average Bonchev–Trinajstić information content (AvgIpc) is 1.88. The Labute approximate surface area is 52.4 Å². The molecule has 0 aliphatic heterocycles. The first-order chi connectivity index (χ1) is 4.33. The molecule has 0 N–H and O–H groups in total. The van der Waals surface area contributed by atoms with Gasteiger partial charge in [0.2, 0.25) is 0 Å². The Morgan fingerprint density at radius 2 is 2.33 bits per heavy atom. The molecule has 0 saturated heterocycles. The summed E-state index contributed by atoms with van der Waals surface area (Å²) in [6.45, 7) is 0. The highest BCUT2D eigenvalue weighted by atomic mass is 19.1. The van der Waals surface area contributed by atoms with Crippen LogP contribution in [-0.2, 0) is 0 Å². The zero-order valence-electron chi connectivity index (χ0n) is 4.56. The molecule has 0 fully saturated rings. The number of hydrogen-bond acceptors (Lipinski definition) is 1. The van der Waals surface area contributed by atoms with Crippen LogP contribution in [0.3, 0.4) is 0 Å². The van der Waals surface area contributed by atoms with Gasteiger partial charge in [0.1, 0.15) is 5.82 Å². The molecule has 0 heterocycles. The van der Waals surface area contributed by atoms with E-state index in [0.717, 1.165) is 0 Å². The van der Waals surface area contributed by atoms with Gasteiger partial charge in [-0.2, -0.15) is 5.26 Å². The van der Waals surface area contributed by atoms with Crippen LogP contribution in [0.4, 0.5) is 4.39 Å². The van der Waals surface area contributed by atoms with Gasteiger partial charge in [-0.25, -0.2) is 4.39 Å². The predicted molar refractivity (Wildman–Crippen MR) is 30.0 cm³/mol. The number of hydrogen-bond donors (Lipinski definition) is 0. The largest absolute Gasteiger partial charge is 0.206 e. The smallest absolute Gasteiger partial charge is 0.132 e. The van der Waals surface area contributed by atoms with Crippen molar-refractivity contribution in [3.05, 3.63) is 35.6 Å². The molecule has 0 aliphatic carbocycles. The lowest BCUT2D eigenvalue weighted by Crippen LogP contribution is -1.75. The summed E-state index contributed by atoms with van der Waals surface area (Å²) < 4.78 is 12.1. The molecule has 0 amide bonds. The fourth-order valence-electron chi connectivity index (χ4n) is 0.506. The molecule has 0 saturated carbocycles. The van der Waals surface area contributed by atoms with E-state index in [1.807, 2.05) is 0 Å². The lowest BCUT2D eigenvalue weighted by molar-refractivity contribution is 0.625. The summed E-state index contributed by atoms with van der Waals surface area (Å²) in [5, 5.41) is 8.21. The van der Waals surface area contributed by atoms with Crippen LogP contribution in [0.1, 0.15) is 5.56 Å². The van der Waals surface area contributed by atoms with Gasteiger partial charge in [-0.3, -0.25) is 0 Å². The Hall–Kier alpha value is -1.36. The van der Waals surface area contributed by atoms with E-state index in [2.05, 4.69) is 6.07 Å². The van der Waals surface area contributed by atoms with Crippen LogP contribution in [0.5, 0.6) is 0 Å². The maximum atomic E-state index is 12.1. The highest BCUT2D eigenvalue weighted by molar-refractivity contribution is 5.26. The maximum Gasteiger partial charge on any atom is 0.132 e. The van der Waals surface area contributed by atoms with Crippen molar-refractivity contribution in [1.82, 2.24) is 0 Å². The summed E-state index contributed by atoms with van der Waals surface area (Å²) >= 11 is 0. The zero-order chi connectivity index (χ0) is 6.69. The van der Waals surface area contributed by atoms with Crippen molar-refractivity contribution in [3.63, 3.8) is 0 Å². The fourth-order valence-corrected chi connectivity index (χ4v) is 0.506. The summed E-state index contributed by atoms with van der Waals surface area (Å²) in [6.07, 6.45) is 0. The molecule has 1 aromatic rings. The number of nitrogens with zero attached hydrogens (tertiary/aromatic N) is 1. The number of nitriles is 1. The van der Waals surface area contributed by atoms with E-state index < -0.39 is 5.82 Å². The van der Waals surface area contributed by atoms with Crippen molar-refractivity contribution in [3.8, 4) is 6.07 Å². The molecule has 0 atom stereocenters. The first-order valence-corrected chi connectivity index (χ1v) is 2.41. The minimum Gasteiger partial charge on any atom is -0.206 e. The van der Waals surface area contributed by atoms with Gasteiger partial charge in [0, 0.05) is 6.07 Å². The molecular weight excluding hydrogens is 117 g/mol. The van der Waals surface area contributed by atoms with Crippen LogP contribution in [0, 0.1) is 23.2 Å². The molecule has 1 rings (SSSR count). The van der Waals surface area contributed by atoms with Crippen molar-refractivity contribution in [1.29, 1.82) is 5.26 Å². The quantitative estimate of drug-likeness (QED) is 0.509. The summed E-state index contributed by atoms with van der Waals surface area (Å²) in [4.78, 5) is 0. The first-order valence-electron chi connectivity index (χ1n) is 2.41. The molecule has 1 aromatic carbocycles. The third kappa shape index (κ3) is 1.26. The molecule has 2 heteroatoms. The van der Waals surface area contributed by atoms with Gasteiger partial charge in [0.05, 0.1) is 11.6 Å². The Kier molecular flexibility index (Phi) is 1.46. The highest BCUT2D eigenvalue weighted by Gasteiger charge is 1.90. The van der Waals surface area contributed by atoms with Crippen molar-refractivity contribution in [2.24, 2.45) is 0 Å². The second kappa shape index (κ2) is 2.27. The van der Waals surface area contributed by atoms with Gasteiger partial charge in [-0.05, 0) is 12.1 Å². The molecule has 1 nitrogen and oxygen atoms in total. The summed E-state index contributed by atoms with van der Waals surface area (Å²) in [5.74, 6) is -0.492. The number of benzene rings is 1. The fraction of sp³-hybridized carbons (Fsp3) is 0. The molecule has 43 valence electrons. The van der Waals surface area contributed by atoms with E-state index in [-0.39, 0.29) is 5.56 Å². The van der Waals surface area contributed by atoms with Gasteiger partial charge >= 0.3 is 0 Å². The van der Waals surface area contributed by atoms with Crippen LogP contribution >= 0.6 is 0 Å². The average molecular weight is 120 g/mol. The molecule has 0 spiro atoms. The van der Waals surface area contributed by atoms with E-state index >= 15 is 0 Å².